The van der Waals surface area contributed by atoms with Crippen molar-refractivity contribution in [3.05, 3.63) is 34.9 Å². The molecule has 2 atom stereocenters. The molecule has 2 unspecified atom stereocenters. The molecule has 1 aromatic rings. The maximum atomic E-state index is 11.1. The van der Waals surface area contributed by atoms with Crippen molar-refractivity contribution < 1.29 is 13.2 Å². The van der Waals surface area contributed by atoms with Crippen molar-refractivity contribution in [2.24, 2.45) is 10.9 Å². The molecule has 0 saturated carbocycles. The van der Waals surface area contributed by atoms with Crippen LogP contribution in [0.5, 0.6) is 0 Å². The van der Waals surface area contributed by atoms with E-state index in [4.69, 9.17) is 16.3 Å². The number of sulfone groups is 1. The summed E-state index contributed by atoms with van der Waals surface area (Å²) in [7, 11) is 0.920. The molecule has 2 N–H and O–H groups in total. The van der Waals surface area contributed by atoms with Crippen LogP contribution in [0.25, 0.3) is 0 Å². The largest absolute Gasteiger partial charge is 0.379 e. The van der Waals surface area contributed by atoms with E-state index in [-0.39, 0.29) is 36.3 Å². The Morgan fingerprint density at radius 2 is 2.10 bits per heavy atom. The van der Waals surface area contributed by atoms with E-state index < -0.39 is 9.84 Å². The molecule has 0 aliphatic carbocycles. The van der Waals surface area contributed by atoms with Gasteiger partial charge in [0.1, 0.15) is 9.84 Å². The van der Waals surface area contributed by atoms with E-state index in [0.29, 0.717) is 25.1 Å². The van der Waals surface area contributed by atoms with Crippen LogP contribution in [-0.4, -0.2) is 78.2 Å². The van der Waals surface area contributed by atoms with Crippen LogP contribution >= 0.6 is 35.6 Å². The molecule has 1 aliphatic rings. The third kappa shape index (κ3) is 9.67. The number of likely N-dealkylation sites (tertiary alicyclic amines) is 1. The van der Waals surface area contributed by atoms with Gasteiger partial charge in [0.2, 0.25) is 0 Å². The first kappa shape index (κ1) is 27.4. The summed E-state index contributed by atoms with van der Waals surface area (Å²) < 4.78 is 27.5. The summed E-state index contributed by atoms with van der Waals surface area (Å²) >= 11 is 6.22. The zero-order valence-electron chi connectivity index (χ0n) is 17.9. The Morgan fingerprint density at radius 1 is 1.33 bits per heavy atom. The van der Waals surface area contributed by atoms with Crippen molar-refractivity contribution in [1.29, 1.82) is 0 Å². The van der Waals surface area contributed by atoms with Crippen LogP contribution in [0.15, 0.2) is 29.3 Å². The van der Waals surface area contributed by atoms with Gasteiger partial charge in [0.15, 0.2) is 5.96 Å². The van der Waals surface area contributed by atoms with Gasteiger partial charge in [-0.25, -0.2) is 8.42 Å². The van der Waals surface area contributed by atoms with Crippen molar-refractivity contribution in [3.8, 4) is 0 Å². The molecule has 0 radical (unpaired) electrons. The van der Waals surface area contributed by atoms with E-state index in [1.807, 2.05) is 12.1 Å². The summed E-state index contributed by atoms with van der Waals surface area (Å²) in [5.74, 6) is 1.20. The van der Waals surface area contributed by atoms with Gasteiger partial charge < -0.3 is 15.4 Å². The lowest BCUT2D eigenvalue weighted by atomic mass is 9.85. The van der Waals surface area contributed by atoms with E-state index in [0.717, 1.165) is 30.5 Å². The number of halogens is 2. The van der Waals surface area contributed by atoms with Gasteiger partial charge >= 0.3 is 0 Å². The monoisotopic (exact) mass is 572 g/mol. The third-order valence-corrected chi connectivity index (χ3v) is 6.23. The fourth-order valence-corrected chi connectivity index (χ4v) is 4.31. The van der Waals surface area contributed by atoms with E-state index in [2.05, 4.69) is 39.7 Å². The minimum absolute atomic E-state index is 0. The van der Waals surface area contributed by atoms with Crippen LogP contribution in [-0.2, 0) is 14.6 Å². The molecular formula is C20H34ClIN4O3S. The van der Waals surface area contributed by atoms with Gasteiger partial charge in [-0.3, -0.25) is 9.89 Å². The zero-order chi connectivity index (χ0) is 21.3. The molecule has 7 nitrogen and oxygen atoms in total. The van der Waals surface area contributed by atoms with Crippen LogP contribution in [0.2, 0.25) is 5.02 Å². The third-order valence-electron chi connectivity index (χ3n) is 5.09. The molecule has 2 rings (SSSR count). The first-order chi connectivity index (χ1) is 13.8. The number of aliphatic imine (C=N–C) groups is 1. The Morgan fingerprint density at radius 3 is 2.77 bits per heavy atom. The fraction of sp³-hybridized carbons (Fsp3) is 0.650. The average Bonchev–Trinajstić information content (AvgIpc) is 2.66. The molecule has 1 heterocycles. The smallest absolute Gasteiger partial charge is 0.191 e. The number of ether oxygens (including phenoxy) is 1. The van der Waals surface area contributed by atoms with E-state index in [1.54, 1.807) is 7.05 Å². The molecule has 0 bridgehead atoms. The zero-order valence-corrected chi connectivity index (χ0v) is 21.8. The highest BCUT2D eigenvalue weighted by atomic mass is 127. The van der Waals surface area contributed by atoms with E-state index in [1.165, 1.54) is 18.2 Å². The molecule has 172 valence electrons. The number of rotatable bonds is 9. The van der Waals surface area contributed by atoms with E-state index in [9.17, 15) is 8.42 Å². The molecular weight excluding hydrogens is 539 g/mol. The molecule has 0 aromatic heterocycles. The summed E-state index contributed by atoms with van der Waals surface area (Å²) in [6.45, 7) is 3.07. The van der Waals surface area contributed by atoms with Gasteiger partial charge in [-0.05, 0) is 50.0 Å². The predicted molar refractivity (Wildman–Crippen MR) is 135 cm³/mol. The lowest BCUT2D eigenvalue weighted by molar-refractivity contribution is 0.122. The normalized spacial score (nSPS) is 20.5. The lowest BCUT2D eigenvalue weighted by Crippen LogP contribution is -2.45. The SMILES string of the molecule is CN=C(NCCOCCS(C)(=O)=O)NCC1CCCN(C)C1c1cccc(Cl)c1.I. The van der Waals surface area contributed by atoms with Gasteiger partial charge in [0.05, 0.1) is 19.0 Å². The maximum Gasteiger partial charge on any atom is 0.191 e. The van der Waals surface area contributed by atoms with Crippen molar-refractivity contribution in [1.82, 2.24) is 15.5 Å². The second-order valence-electron chi connectivity index (χ2n) is 7.50. The Hall–Kier alpha value is -0.620. The van der Waals surface area contributed by atoms with Crippen molar-refractivity contribution in [2.45, 2.75) is 18.9 Å². The number of nitrogens with one attached hydrogen (secondary N) is 2. The molecule has 1 aromatic carbocycles. The van der Waals surface area contributed by atoms with E-state index >= 15 is 0 Å². The van der Waals surface area contributed by atoms with Crippen LogP contribution in [0.4, 0.5) is 0 Å². The standard InChI is InChI=1S/C20H33ClN4O3S.HI/c1-22-20(23-9-11-28-12-13-29(3,26)27)24-15-17-7-5-10-25(2)19(17)16-6-4-8-18(21)14-16;/h4,6,8,14,17,19H,5,7,9-13,15H2,1-3H3,(H2,22,23,24);1H. The first-order valence-electron chi connectivity index (χ1n) is 9.96. The Labute approximate surface area is 202 Å². The number of hydrogen-bond donors (Lipinski definition) is 2. The molecule has 10 heteroatoms. The fourth-order valence-electron chi connectivity index (χ4n) is 3.69. The number of nitrogens with zero attached hydrogens (tertiary/aromatic N) is 2. The summed E-state index contributed by atoms with van der Waals surface area (Å²) in [6, 6.07) is 8.43. The van der Waals surface area contributed by atoms with Gasteiger partial charge in [-0.1, -0.05) is 23.7 Å². The second-order valence-corrected chi connectivity index (χ2v) is 10.2. The van der Waals surface area contributed by atoms with Crippen LogP contribution in [0, 0.1) is 5.92 Å². The first-order valence-corrected chi connectivity index (χ1v) is 12.4. The van der Waals surface area contributed by atoms with Crippen LogP contribution < -0.4 is 10.6 Å². The second kappa shape index (κ2) is 13.7. The van der Waals surface area contributed by atoms with Crippen LogP contribution in [0.1, 0.15) is 24.4 Å². The van der Waals surface area contributed by atoms with Gasteiger partial charge in [0, 0.05) is 37.5 Å². The van der Waals surface area contributed by atoms with Gasteiger partial charge in [0.25, 0.3) is 0 Å². The molecule has 1 fully saturated rings. The molecule has 0 spiro atoms. The predicted octanol–water partition coefficient (Wildman–Crippen LogP) is 2.57. The quantitative estimate of drug-likeness (QED) is 0.205. The maximum absolute atomic E-state index is 11.1. The highest BCUT2D eigenvalue weighted by Gasteiger charge is 2.30. The van der Waals surface area contributed by atoms with Gasteiger partial charge in [-0.2, -0.15) is 0 Å². The molecule has 30 heavy (non-hydrogen) atoms. The summed E-state index contributed by atoms with van der Waals surface area (Å²) in [4.78, 5) is 6.66. The van der Waals surface area contributed by atoms with Crippen molar-refractivity contribution >= 4 is 51.4 Å². The summed E-state index contributed by atoms with van der Waals surface area (Å²) in [5.41, 5.74) is 1.24. The summed E-state index contributed by atoms with van der Waals surface area (Å²) in [5, 5.41) is 7.39. The van der Waals surface area contributed by atoms with Crippen molar-refractivity contribution in [3.63, 3.8) is 0 Å². The minimum Gasteiger partial charge on any atom is -0.379 e. The Bertz CT molecular complexity index is 779. The highest BCUT2D eigenvalue weighted by molar-refractivity contribution is 14.0. The minimum atomic E-state index is -2.98. The van der Waals surface area contributed by atoms with Crippen LogP contribution in [0.3, 0.4) is 0 Å². The Balaban J connectivity index is 0.00000450. The topological polar surface area (TPSA) is 83.0 Å². The number of hydrogen-bond acceptors (Lipinski definition) is 5. The molecule has 1 aliphatic heterocycles. The Kier molecular flexibility index (Phi) is 12.5. The number of piperidine rings is 1. The average molecular weight is 573 g/mol. The summed E-state index contributed by atoms with van der Waals surface area (Å²) in [6.07, 6.45) is 3.51. The highest BCUT2D eigenvalue weighted by Crippen LogP contribution is 2.35. The molecule has 1 saturated heterocycles. The number of guanidine groups is 1. The van der Waals surface area contributed by atoms with Crippen molar-refractivity contribution in [2.75, 3.05) is 59.0 Å². The number of benzene rings is 1. The lowest BCUT2D eigenvalue weighted by Gasteiger charge is -2.40. The van der Waals surface area contributed by atoms with Gasteiger partial charge in [-0.15, -0.1) is 24.0 Å². The molecule has 0 amide bonds.